The fraction of sp³-hybridized carbons (Fsp3) is 0. The van der Waals surface area contributed by atoms with E-state index in [1.54, 1.807) is 0 Å². The fourth-order valence-corrected chi connectivity index (χ4v) is 0.883. The maximum Gasteiger partial charge on any atom is 0.236 e. The number of rotatable bonds is 3. The van der Waals surface area contributed by atoms with Crippen LogP contribution in [0.15, 0.2) is 30.4 Å². The Kier molecular flexibility index (Phi) is 2.86. The molecule has 1 radical (unpaired) electrons. The van der Waals surface area contributed by atoms with Gasteiger partial charge in [-0.2, -0.15) is 0 Å². The van der Waals surface area contributed by atoms with Crippen LogP contribution in [0.1, 0.15) is 10.4 Å². The van der Waals surface area contributed by atoms with E-state index in [1.165, 1.54) is 6.29 Å². The Morgan fingerprint density at radius 2 is 2.00 bits per heavy atom. The van der Waals surface area contributed by atoms with Crippen LogP contribution in [0.5, 0.6) is 0 Å². The molecule has 0 spiro atoms. The van der Waals surface area contributed by atoms with E-state index in [2.05, 4.69) is 6.58 Å². The van der Waals surface area contributed by atoms with Crippen molar-refractivity contribution in [3.8, 4) is 0 Å². The Balaban J connectivity index is 3.14. The molecule has 0 aliphatic heterocycles. The highest BCUT2D eigenvalue weighted by molar-refractivity contribution is 6.19. The van der Waals surface area contributed by atoms with Gasteiger partial charge in [0, 0.05) is 6.07 Å². The molecule has 4 heteroatoms. The highest BCUT2D eigenvalue weighted by Crippen LogP contribution is 2.12. The summed E-state index contributed by atoms with van der Waals surface area (Å²) < 4.78 is 25.4. The topological polar surface area (TPSA) is 34.1 Å². The van der Waals surface area contributed by atoms with Crippen LogP contribution >= 0.6 is 0 Å². The molecule has 0 aliphatic carbocycles. The summed E-state index contributed by atoms with van der Waals surface area (Å²) in [6, 6.07) is 2.44. The van der Waals surface area contributed by atoms with E-state index in [4.69, 9.17) is 0 Å². The Labute approximate surface area is 78.9 Å². The summed E-state index contributed by atoms with van der Waals surface area (Å²) in [6.45, 7) is 3.08. The summed E-state index contributed by atoms with van der Waals surface area (Å²) in [5.74, 6) is -2.70. The molecule has 0 N–H and O–H groups in total. The molecule has 0 amide bonds. The van der Waals surface area contributed by atoms with Gasteiger partial charge in [-0.3, -0.25) is 9.59 Å². The van der Waals surface area contributed by atoms with Crippen LogP contribution in [0, 0.1) is 11.6 Å². The van der Waals surface area contributed by atoms with E-state index >= 15 is 0 Å². The van der Waals surface area contributed by atoms with Gasteiger partial charge in [0.1, 0.15) is 11.6 Å². The monoisotopic (exact) mass is 195 g/mol. The van der Waals surface area contributed by atoms with Crippen LogP contribution in [0.25, 0.3) is 0 Å². The number of hydrogen-bond donors (Lipinski definition) is 0. The number of carbonyl (C=O) groups is 1. The van der Waals surface area contributed by atoms with Crippen molar-refractivity contribution in [2.75, 3.05) is 0 Å². The van der Waals surface area contributed by atoms with Crippen LogP contribution in [0.4, 0.5) is 8.78 Å². The zero-order valence-corrected chi connectivity index (χ0v) is 7.01. The standard InChI is InChI=1S/C10H5F2O2/c1-6(5-13)10(14)8-3-2-7(11)4-9(8)12/h2-4H,1H2. The summed E-state index contributed by atoms with van der Waals surface area (Å²) in [5, 5.41) is 0. The third-order valence-corrected chi connectivity index (χ3v) is 1.57. The molecule has 71 valence electrons. The zero-order chi connectivity index (χ0) is 10.7. The molecule has 1 rings (SSSR count). The van der Waals surface area contributed by atoms with Crippen LogP contribution in [-0.2, 0) is 4.79 Å². The number of Topliss-reactive ketones (excluding diaryl/α,β-unsaturated/α-hetero) is 1. The summed E-state index contributed by atoms with van der Waals surface area (Å²) in [4.78, 5) is 21.2. The first-order chi connectivity index (χ1) is 6.56. The van der Waals surface area contributed by atoms with E-state index < -0.39 is 23.0 Å². The van der Waals surface area contributed by atoms with Crippen molar-refractivity contribution in [3.63, 3.8) is 0 Å². The lowest BCUT2D eigenvalue weighted by Gasteiger charge is -1.99. The average molecular weight is 195 g/mol. The van der Waals surface area contributed by atoms with E-state index in [0.717, 1.165) is 12.1 Å². The minimum atomic E-state index is -1.02. The Morgan fingerprint density at radius 1 is 1.36 bits per heavy atom. The van der Waals surface area contributed by atoms with E-state index in [9.17, 15) is 18.4 Å². The fourth-order valence-electron chi connectivity index (χ4n) is 0.883. The SMILES string of the molecule is C=C([C]=O)C(=O)c1ccc(F)cc1F. The summed E-state index contributed by atoms with van der Waals surface area (Å²) in [5.41, 5.74) is -0.879. The first-order valence-electron chi connectivity index (χ1n) is 3.63. The Morgan fingerprint density at radius 3 is 2.50 bits per heavy atom. The van der Waals surface area contributed by atoms with Crippen molar-refractivity contribution in [1.82, 2.24) is 0 Å². The maximum absolute atomic E-state index is 13.0. The lowest BCUT2D eigenvalue weighted by atomic mass is 10.1. The first kappa shape index (κ1) is 10.2. The van der Waals surface area contributed by atoms with Gasteiger partial charge in [0.15, 0.2) is 5.78 Å². The van der Waals surface area contributed by atoms with Gasteiger partial charge in [0.25, 0.3) is 0 Å². The number of carbonyl (C=O) groups excluding carboxylic acids is 2. The van der Waals surface area contributed by atoms with Gasteiger partial charge >= 0.3 is 0 Å². The normalized spacial score (nSPS) is 9.57. The summed E-state index contributed by atoms with van der Waals surface area (Å²) >= 11 is 0. The third kappa shape index (κ3) is 1.90. The highest BCUT2D eigenvalue weighted by atomic mass is 19.1. The number of halogens is 2. The smallest absolute Gasteiger partial charge is 0.236 e. The van der Waals surface area contributed by atoms with Gasteiger partial charge in [-0.1, -0.05) is 6.58 Å². The van der Waals surface area contributed by atoms with Crippen LogP contribution < -0.4 is 0 Å². The maximum atomic E-state index is 13.0. The van der Waals surface area contributed by atoms with Crippen LogP contribution in [0.2, 0.25) is 0 Å². The Hall–Kier alpha value is -1.84. The van der Waals surface area contributed by atoms with Gasteiger partial charge in [-0.05, 0) is 12.1 Å². The predicted octanol–water partition coefficient (Wildman–Crippen LogP) is 1.81. The molecule has 0 heterocycles. The third-order valence-electron chi connectivity index (χ3n) is 1.57. The van der Waals surface area contributed by atoms with Gasteiger partial charge in [-0.25, -0.2) is 8.78 Å². The van der Waals surface area contributed by atoms with Gasteiger partial charge in [0.2, 0.25) is 6.29 Å². The molecule has 0 atom stereocenters. The molecule has 1 aromatic carbocycles. The number of ketones is 1. The average Bonchev–Trinajstić information content (AvgIpc) is 2.15. The number of allylic oxidation sites excluding steroid dienone is 1. The van der Waals surface area contributed by atoms with Crippen molar-refractivity contribution in [2.45, 2.75) is 0 Å². The first-order valence-corrected chi connectivity index (χ1v) is 3.63. The highest BCUT2D eigenvalue weighted by Gasteiger charge is 2.15. The lowest BCUT2D eigenvalue weighted by molar-refractivity contribution is 0.103. The van der Waals surface area contributed by atoms with Crippen molar-refractivity contribution in [1.29, 1.82) is 0 Å². The number of hydrogen-bond acceptors (Lipinski definition) is 2. The summed E-state index contributed by atoms with van der Waals surface area (Å²) in [7, 11) is 0. The molecule has 2 nitrogen and oxygen atoms in total. The minimum absolute atomic E-state index is 0.389. The molecule has 0 aromatic heterocycles. The van der Waals surface area contributed by atoms with Crippen molar-refractivity contribution >= 4 is 12.1 Å². The Bertz CT molecular complexity index is 411. The molecule has 14 heavy (non-hydrogen) atoms. The minimum Gasteiger partial charge on any atom is -0.288 e. The van der Waals surface area contributed by atoms with Crippen molar-refractivity contribution in [2.24, 2.45) is 0 Å². The lowest BCUT2D eigenvalue weighted by Crippen LogP contribution is -2.06. The molecule has 0 fully saturated rings. The van der Waals surface area contributed by atoms with Gasteiger partial charge in [0.05, 0.1) is 11.1 Å². The van der Waals surface area contributed by atoms with Crippen molar-refractivity contribution < 1.29 is 18.4 Å². The summed E-state index contributed by atoms with van der Waals surface area (Å²) in [6.07, 6.45) is 1.25. The largest absolute Gasteiger partial charge is 0.288 e. The van der Waals surface area contributed by atoms with E-state index in [0.29, 0.717) is 6.07 Å². The molecule has 0 bridgehead atoms. The molecular weight excluding hydrogens is 190 g/mol. The quantitative estimate of drug-likeness (QED) is 0.319. The molecule has 0 saturated heterocycles. The second-order valence-electron chi connectivity index (χ2n) is 2.53. The molecule has 0 unspecified atom stereocenters. The van der Waals surface area contributed by atoms with Crippen LogP contribution in [-0.4, -0.2) is 12.1 Å². The van der Waals surface area contributed by atoms with Gasteiger partial charge < -0.3 is 0 Å². The number of benzene rings is 1. The van der Waals surface area contributed by atoms with E-state index in [-0.39, 0.29) is 5.56 Å². The van der Waals surface area contributed by atoms with Gasteiger partial charge in [-0.15, -0.1) is 0 Å². The second kappa shape index (κ2) is 3.91. The molecule has 0 aliphatic rings. The van der Waals surface area contributed by atoms with E-state index in [1.807, 2.05) is 0 Å². The molecule has 0 saturated carbocycles. The molecular formula is C10H5F2O2. The second-order valence-corrected chi connectivity index (χ2v) is 2.53. The van der Waals surface area contributed by atoms with Crippen molar-refractivity contribution in [3.05, 3.63) is 47.5 Å². The zero-order valence-electron chi connectivity index (χ0n) is 7.01. The molecule has 1 aromatic rings. The predicted molar refractivity (Wildman–Crippen MR) is 45.5 cm³/mol. The van der Waals surface area contributed by atoms with Crippen LogP contribution in [0.3, 0.4) is 0 Å².